The Morgan fingerprint density at radius 3 is 1.46 bits per heavy atom. The summed E-state index contributed by atoms with van der Waals surface area (Å²) in [5.74, 6) is -0.547. The Labute approximate surface area is 360 Å². The van der Waals surface area contributed by atoms with Crippen molar-refractivity contribution in [3.8, 4) is 0 Å². The van der Waals surface area contributed by atoms with Crippen LogP contribution < -0.4 is 5.32 Å². The molecule has 1 amide bonds. The van der Waals surface area contributed by atoms with Crippen molar-refractivity contribution in [2.45, 2.75) is 187 Å². The van der Waals surface area contributed by atoms with Gasteiger partial charge in [0.2, 0.25) is 5.91 Å². The molecule has 0 aliphatic carbocycles. The van der Waals surface area contributed by atoms with Gasteiger partial charge in [-0.15, -0.1) is 0 Å². The second kappa shape index (κ2) is 44.7. The summed E-state index contributed by atoms with van der Waals surface area (Å²) >= 11 is 0. The maximum atomic E-state index is 12.1. The molecular formula is C49H84NO8P. The first-order valence-electron chi connectivity index (χ1n) is 23.1. The molecule has 0 saturated heterocycles. The molecule has 0 aromatic carbocycles. The molecule has 338 valence electrons. The van der Waals surface area contributed by atoms with Gasteiger partial charge in [-0.2, -0.15) is 0 Å². The number of esters is 1. The molecule has 0 aromatic rings. The Morgan fingerprint density at radius 2 is 0.966 bits per heavy atom. The molecule has 0 saturated carbocycles. The molecule has 0 bridgehead atoms. The number of aliphatic hydroxyl groups is 1. The van der Waals surface area contributed by atoms with Crippen LogP contribution in [0.4, 0.5) is 0 Å². The third-order valence-corrected chi connectivity index (χ3v) is 10.3. The minimum Gasteiger partial charge on any atom is -0.463 e. The number of aliphatic hydroxyl groups excluding tert-OH is 1. The number of allylic oxidation sites excluding steroid dienone is 14. The average molecular weight is 846 g/mol. The SMILES string of the molecule is CC/C=C\C/C=C\C/C=C\C/C=C\C/C=C\CCCCCCCCCC(=O)NCCOP(=O)(O)OCC(O)COC(=O)CCCCCCC/C=C\C/C=C\CCCCC. The van der Waals surface area contributed by atoms with Gasteiger partial charge in [-0.1, -0.05) is 163 Å². The van der Waals surface area contributed by atoms with Crippen molar-refractivity contribution in [2.24, 2.45) is 0 Å². The fourth-order valence-electron chi connectivity index (χ4n) is 5.85. The Balaban J connectivity index is 3.64. The van der Waals surface area contributed by atoms with Crippen LogP contribution in [0.5, 0.6) is 0 Å². The Hall–Kier alpha value is -2.81. The average Bonchev–Trinajstić information content (AvgIpc) is 3.22. The van der Waals surface area contributed by atoms with E-state index in [0.29, 0.717) is 12.8 Å². The van der Waals surface area contributed by atoms with Crippen molar-refractivity contribution in [3.63, 3.8) is 0 Å². The summed E-state index contributed by atoms with van der Waals surface area (Å²) < 4.78 is 26.9. The molecule has 9 nitrogen and oxygen atoms in total. The summed E-state index contributed by atoms with van der Waals surface area (Å²) in [6, 6.07) is 0. The summed E-state index contributed by atoms with van der Waals surface area (Å²) in [7, 11) is -4.43. The molecule has 0 spiro atoms. The first kappa shape index (κ1) is 56.2. The number of carbonyl (C=O) groups excluding carboxylic acids is 2. The number of rotatable bonds is 42. The van der Waals surface area contributed by atoms with Crippen LogP contribution in [-0.2, 0) is 27.9 Å². The van der Waals surface area contributed by atoms with Crippen molar-refractivity contribution in [3.05, 3.63) is 85.1 Å². The first-order chi connectivity index (χ1) is 28.8. The molecule has 0 aliphatic rings. The highest BCUT2D eigenvalue weighted by Gasteiger charge is 2.23. The van der Waals surface area contributed by atoms with Crippen LogP contribution in [0.3, 0.4) is 0 Å². The van der Waals surface area contributed by atoms with E-state index in [1.54, 1.807) is 0 Å². The van der Waals surface area contributed by atoms with Crippen LogP contribution in [0.2, 0.25) is 0 Å². The molecule has 2 unspecified atom stereocenters. The number of hydrogen-bond acceptors (Lipinski definition) is 7. The second-order valence-electron chi connectivity index (χ2n) is 15.0. The van der Waals surface area contributed by atoms with Gasteiger partial charge in [0.1, 0.15) is 12.7 Å². The first-order valence-corrected chi connectivity index (χ1v) is 24.6. The summed E-state index contributed by atoms with van der Waals surface area (Å²) in [6.07, 6.45) is 56.5. The molecule has 2 atom stereocenters. The summed E-state index contributed by atoms with van der Waals surface area (Å²) in [4.78, 5) is 34.0. The number of nitrogens with one attached hydrogen (secondary N) is 1. The van der Waals surface area contributed by atoms with E-state index in [2.05, 4.69) is 104 Å². The molecule has 0 radical (unpaired) electrons. The zero-order valence-corrected chi connectivity index (χ0v) is 38.1. The van der Waals surface area contributed by atoms with Crippen LogP contribution in [0.1, 0.15) is 181 Å². The largest absolute Gasteiger partial charge is 0.472 e. The summed E-state index contributed by atoms with van der Waals surface area (Å²) in [6.45, 7) is 3.37. The monoisotopic (exact) mass is 846 g/mol. The zero-order valence-electron chi connectivity index (χ0n) is 37.2. The molecular weight excluding hydrogens is 762 g/mol. The number of hydrogen-bond donors (Lipinski definition) is 3. The number of ether oxygens (including phenoxy) is 1. The number of carbonyl (C=O) groups is 2. The van der Waals surface area contributed by atoms with Gasteiger partial charge in [-0.25, -0.2) is 4.57 Å². The van der Waals surface area contributed by atoms with Gasteiger partial charge in [0.25, 0.3) is 0 Å². The number of phosphoric ester groups is 1. The Kier molecular flexibility index (Phi) is 42.6. The van der Waals surface area contributed by atoms with Crippen LogP contribution in [-0.4, -0.2) is 54.3 Å². The standard InChI is InChI=1S/C49H84NO8P/c1-3-5-7-9-11-13-15-17-19-20-21-22-23-24-25-26-28-29-31-33-35-37-39-41-48(52)50-43-44-57-59(54,55)58-46-47(51)45-56-49(53)42-40-38-36-34-32-30-27-18-16-14-12-10-8-6-4-2/h5,7,11-14,17-19,21-22,24-25,27,47,51H,3-4,6,8-10,15-16,20,23,26,28-46H2,1-2H3,(H,50,52)(H,54,55)/b7-5-,13-11-,14-12-,19-17-,22-21-,25-24-,27-18-. The van der Waals surface area contributed by atoms with E-state index in [-0.39, 0.29) is 32.1 Å². The van der Waals surface area contributed by atoms with Crippen LogP contribution in [0, 0.1) is 0 Å². The number of phosphoric acid groups is 1. The fraction of sp³-hybridized carbons (Fsp3) is 0.673. The van der Waals surface area contributed by atoms with E-state index < -0.39 is 26.5 Å². The summed E-state index contributed by atoms with van der Waals surface area (Å²) in [5, 5.41) is 12.7. The maximum Gasteiger partial charge on any atom is 0.472 e. The molecule has 0 heterocycles. The lowest BCUT2D eigenvalue weighted by molar-refractivity contribution is -0.147. The molecule has 0 aliphatic heterocycles. The third-order valence-electron chi connectivity index (χ3n) is 9.31. The van der Waals surface area contributed by atoms with Gasteiger partial charge >= 0.3 is 13.8 Å². The van der Waals surface area contributed by atoms with Gasteiger partial charge in [-0.05, 0) is 89.9 Å². The third kappa shape index (κ3) is 46.1. The minimum atomic E-state index is -4.43. The highest BCUT2D eigenvalue weighted by molar-refractivity contribution is 7.47. The molecule has 0 rings (SSSR count). The highest BCUT2D eigenvalue weighted by atomic mass is 31.2. The van der Waals surface area contributed by atoms with Crippen molar-refractivity contribution < 1.29 is 37.9 Å². The van der Waals surface area contributed by atoms with Crippen molar-refractivity contribution in [2.75, 3.05) is 26.4 Å². The predicted molar refractivity (Wildman–Crippen MR) is 247 cm³/mol. The van der Waals surface area contributed by atoms with Crippen LogP contribution in [0.25, 0.3) is 0 Å². The minimum absolute atomic E-state index is 0.0684. The van der Waals surface area contributed by atoms with Gasteiger partial charge in [0.15, 0.2) is 0 Å². The van der Waals surface area contributed by atoms with E-state index in [0.717, 1.165) is 96.3 Å². The van der Waals surface area contributed by atoms with E-state index in [1.165, 1.54) is 51.4 Å². The topological polar surface area (TPSA) is 131 Å². The second-order valence-corrected chi connectivity index (χ2v) is 16.4. The Bertz CT molecular complexity index is 1240. The quantitative estimate of drug-likeness (QED) is 0.0240. The molecule has 0 aromatic heterocycles. The van der Waals surface area contributed by atoms with Gasteiger partial charge in [0, 0.05) is 19.4 Å². The van der Waals surface area contributed by atoms with E-state index in [4.69, 9.17) is 13.8 Å². The maximum absolute atomic E-state index is 12.1. The summed E-state index contributed by atoms with van der Waals surface area (Å²) in [5.41, 5.74) is 0. The Morgan fingerprint density at radius 1 is 0.542 bits per heavy atom. The lowest BCUT2D eigenvalue weighted by Crippen LogP contribution is -2.27. The highest BCUT2D eigenvalue weighted by Crippen LogP contribution is 2.42. The van der Waals surface area contributed by atoms with Crippen molar-refractivity contribution >= 4 is 19.7 Å². The zero-order chi connectivity index (χ0) is 43.2. The van der Waals surface area contributed by atoms with Crippen molar-refractivity contribution in [1.82, 2.24) is 5.32 Å². The van der Waals surface area contributed by atoms with Gasteiger partial charge in [0.05, 0.1) is 13.2 Å². The predicted octanol–water partition coefficient (Wildman–Crippen LogP) is 13.2. The number of amides is 1. The molecule has 10 heteroatoms. The van der Waals surface area contributed by atoms with Crippen molar-refractivity contribution in [1.29, 1.82) is 0 Å². The van der Waals surface area contributed by atoms with Crippen LogP contribution in [0.15, 0.2) is 85.1 Å². The lowest BCUT2D eigenvalue weighted by Gasteiger charge is -2.15. The molecule has 3 N–H and O–H groups in total. The normalized spacial score (nSPS) is 14.0. The number of unbranched alkanes of at least 4 members (excludes halogenated alkanes) is 15. The van der Waals surface area contributed by atoms with Gasteiger partial charge < -0.3 is 20.1 Å². The van der Waals surface area contributed by atoms with E-state index >= 15 is 0 Å². The smallest absolute Gasteiger partial charge is 0.463 e. The molecule has 59 heavy (non-hydrogen) atoms. The molecule has 0 fully saturated rings. The lowest BCUT2D eigenvalue weighted by atomic mass is 10.1. The van der Waals surface area contributed by atoms with Gasteiger partial charge in [-0.3, -0.25) is 18.6 Å². The van der Waals surface area contributed by atoms with E-state index in [9.17, 15) is 24.2 Å². The van der Waals surface area contributed by atoms with E-state index in [1.807, 2.05) is 0 Å². The van der Waals surface area contributed by atoms with Crippen LogP contribution >= 0.6 is 7.82 Å². The fourth-order valence-corrected chi connectivity index (χ4v) is 6.60.